The molecule has 8 bridgehead atoms. The lowest BCUT2D eigenvalue weighted by atomic mass is 9.83. The second-order valence-electron chi connectivity index (χ2n) is 25.1. The number of nitrogens with zero attached hydrogens (tertiary/aromatic N) is 4. The van der Waals surface area contributed by atoms with Crippen LogP contribution in [-0.2, 0) is 52.6 Å². The van der Waals surface area contributed by atoms with Gasteiger partial charge in [-0.1, -0.05) is 74.3 Å². The zero-order valence-electron chi connectivity index (χ0n) is 49.2. The fourth-order valence-corrected chi connectivity index (χ4v) is 12.1. The minimum Gasteiger partial charge on any atom is -0.452 e. The van der Waals surface area contributed by atoms with Gasteiger partial charge in [0.15, 0.2) is 18.3 Å². The molecule has 80 heavy (non-hydrogen) atoms. The number of aliphatic hydroxyl groups excluding tert-OH is 1. The molecule has 22 nitrogen and oxygen atoms in total. The Morgan fingerprint density at radius 1 is 0.625 bits per heavy atom. The lowest BCUT2D eigenvalue weighted by Crippen LogP contribution is -2.63. The van der Waals surface area contributed by atoms with Gasteiger partial charge in [-0.3, -0.25) is 38.4 Å². The van der Waals surface area contributed by atoms with Crippen molar-refractivity contribution >= 4 is 53.2 Å². The first-order chi connectivity index (χ1) is 37.7. The average molecular weight is 1120 g/mol. The molecule has 5 fully saturated rings. The smallest absolute Gasteiger partial charge is 0.357 e. The number of amides is 8. The van der Waals surface area contributed by atoms with E-state index < -0.39 is 125 Å². The van der Waals surface area contributed by atoms with E-state index in [0.717, 1.165) is 0 Å². The van der Waals surface area contributed by atoms with Crippen LogP contribution >= 0.6 is 0 Å². The monoisotopic (exact) mass is 1120 g/mol. The highest BCUT2D eigenvalue weighted by Crippen LogP contribution is 2.33. The minimum absolute atomic E-state index is 0.0358. The van der Waals surface area contributed by atoms with Crippen LogP contribution in [0.15, 0.2) is 24.4 Å². The SMILES string of the molecule is CC(C)CC1NC(=O)C2CCCC(C2)N(C)C(=O)C(CC(C)C)NC(=O)C2OCC(C2O)N(C)C(=O)C(CC(C)C)NC(=O)C2CCCC(C2)N(C)C(=O)C(CC(C)C)NC(=O)C2OCC(C)(NC1=O)C2OC(=O)c1ccccn1. The number of hydrogen-bond acceptors (Lipinski definition) is 14. The van der Waals surface area contributed by atoms with Crippen LogP contribution in [0.4, 0.5) is 0 Å². The summed E-state index contributed by atoms with van der Waals surface area (Å²) < 4.78 is 18.1. The molecule has 2 saturated carbocycles. The van der Waals surface area contributed by atoms with Gasteiger partial charge >= 0.3 is 5.97 Å². The molecule has 8 amide bonds. The third-order valence-electron chi connectivity index (χ3n) is 16.6. The molecule has 6 rings (SSSR count). The lowest BCUT2D eigenvalue weighted by molar-refractivity contribution is -0.144. The van der Waals surface area contributed by atoms with Gasteiger partial charge in [0.25, 0.3) is 11.8 Å². The van der Waals surface area contributed by atoms with Crippen molar-refractivity contribution < 1.29 is 62.5 Å². The van der Waals surface area contributed by atoms with E-state index in [4.69, 9.17) is 14.2 Å². The van der Waals surface area contributed by atoms with Crippen LogP contribution in [0.1, 0.15) is 150 Å². The summed E-state index contributed by atoms with van der Waals surface area (Å²) >= 11 is 0. The third kappa shape index (κ3) is 15.8. The highest BCUT2D eigenvalue weighted by molar-refractivity contribution is 5.94. The summed E-state index contributed by atoms with van der Waals surface area (Å²) in [6.45, 7) is 16.4. The molecular formula is C58H91N9O13. The lowest BCUT2D eigenvalue weighted by Gasteiger charge is -2.38. The molecule has 1 aromatic heterocycles. The Bertz CT molecular complexity index is 2370. The van der Waals surface area contributed by atoms with Gasteiger partial charge in [-0.15, -0.1) is 0 Å². The molecule has 22 heteroatoms. The van der Waals surface area contributed by atoms with Crippen molar-refractivity contribution in [3.8, 4) is 0 Å². The van der Waals surface area contributed by atoms with Gasteiger partial charge in [0.2, 0.25) is 35.4 Å². The van der Waals surface area contributed by atoms with Gasteiger partial charge in [-0.25, -0.2) is 9.78 Å². The van der Waals surface area contributed by atoms with Crippen molar-refractivity contribution in [3.05, 3.63) is 30.1 Å². The largest absolute Gasteiger partial charge is 0.452 e. The standard InChI is InChI=1S/C58H91N9O13/c1-31(2)23-40-51(71)64-58(9)30-79-47(48(58)80-57(77)39-21-13-14-22-59-39)53(73)63-42(25-33(5)6)55(75)66(11)38-20-16-18-36(28-38)50(70)61-43(26-34(7)8)56(76)67(12)44-29-78-46(45(44)68)52(72)62-41(24-32(3)4)54(74)65(10)37-19-15-17-35(27-37)49(69)60-40/h13-14,21-22,31-38,40-48,68H,15-20,23-30H2,1-12H3,(H,60,69)(H,61,70)(H,62,72)(H,63,73)(H,64,71). The number of aromatic nitrogens is 1. The number of fused-ring (bicyclic) bond motifs is 8. The highest BCUT2D eigenvalue weighted by Gasteiger charge is 2.55. The van der Waals surface area contributed by atoms with Gasteiger partial charge in [0, 0.05) is 51.3 Å². The Balaban J connectivity index is 1.34. The molecule has 14 unspecified atom stereocenters. The maximum atomic E-state index is 14.7. The average Bonchev–Trinajstić information content (AvgIpc) is 3.96. The predicted molar refractivity (Wildman–Crippen MR) is 295 cm³/mol. The van der Waals surface area contributed by atoms with Gasteiger partial charge in [-0.2, -0.15) is 0 Å². The fourth-order valence-electron chi connectivity index (χ4n) is 12.1. The normalized spacial score (nSPS) is 33.2. The van der Waals surface area contributed by atoms with Crippen LogP contribution in [0.5, 0.6) is 0 Å². The number of rotatable bonds is 10. The summed E-state index contributed by atoms with van der Waals surface area (Å²) in [5.41, 5.74) is -1.61. The maximum absolute atomic E-state index is 14.7. The van der Waals surface area contributed by atoms with E-state index in [0.29, 0.717) is 38.5 Å². The Labute approximate surface area is 472 Å². The van der Waals surface area contributed by atoms with E-state index >= 15 is 0 Å². The fraction of sp³-hybridized carbons (Fsp3) is 0.759. The van der Waals surface area contributed by atoms with Crippen molar-refractivity contribution in [2.75, 3.05) is 34.4 Å². The van der Waals surface area contributed by atoms with E-state index in [-0.39, 0.29) is 92.9 Å². The molecule has 5 aliphatic rings. The number of nitrogens with one attached hydrogen (secondary N) is 5. The molecule has 3 saturated heterocycles. The summed E-state index contributed by atoms with van der Waals surface area (Å²) in [6, 6.07) is -1.32. The van der Waals surface area contributed by atoms with E-state index in [9.17, 15) is 48.3 Å². The van der Waals surface area contributed by atoms with E-state index in [1.165, 1.54) is 24.2 Å². The van der Waals surface area contributed by atoms with Crippen LogP contribution in [0.25, 0.3) is 0 Å². The van der Waals surface area contributed by atoms with Crippen molar-refractivity contribution in [1.29, 1.82) is 0 Å². The highest BCUT2D eigenvalue weighted by atomic mass is 16.6. The zero-order valence-corrected chi connectivity index (χ0v) is 49.2. The van der Waals surface area contributed by atoms with Crippen molar-refractivity contribution in [3.63, 3.8) is 0 Å². The molecule has 0 radical (unpaired) electrons. The molecule has 4 heterocycles. The number of carbonyl (C=O) groups is 9. The van der Waals surface area contributed by atoms with E-state index in [1.54, 1.807) is 43.0 Å². The van der Waals surface area contributed by atoms with Gasteiger partial charge < -0.3 is 60.6 Å². The summed E-state index contributed by atoms with van der Waals surface area (Å²) in [7, 11) is 4.77. The third-order valence-corrected chi connectivity index (χ3v) is 16.6. The molecule has 0 spiro atoms. The second kappa shape index (κ2) is 27.8. The first kappa shape index (κ1) is 63.4. The molecule has 1 aromatic rings. The van der Waals surface area contributed by atoms with Crippen LogP contribution in [0, 0.1) is 35.5 Å². The predicted octanol–water partition coefficient (Wildman–Crippen LogP) is 2.64. The summed E-state index contributed by atoms with van der Waals surface area (Å²) in [6.07, 6.45) is 0.334. The molecule has 14 atom stereocenters. The number of likely N-dealkylation sites (N-methyl/N-ethyl adjacent to an activating group) is 3. The van der Waals surface area contributed by atoms with Crippen molar-refractivity contribution in [2.24, 2.45) is 35.5 Å². The molecule has 6 N–H and O–H groups in total. The first-order valence-electron chi connectivity index (χ1n) is 29.1. The van der Waals surface area contributed by atoms with Crippen LogP contribution in [-0.4, -0.2) is 185 Å². The van der Waals surface area contributed by atoms with Crippen molar-refractivity contribution in [2.45, 2.75) is 212 Å². The van der Waals surface area contributed by atoms with E-state index in [1.807, 2.05) is 55.4 Å². The number of esters is 1. The number of pyridine rings is 1. The molecule has 446 valence electrons. The van der Waals surface area contributed by atoms with Crippen molar-refractivity contribution in [1.82, 2.24) is 46.3 Å². The van der Waals surface area contributed by atoms with Gasteiger partial charge in [0.05, 0.1) is 19.3 Å². The van der Waals surface area contributed by atoms with Gasteiger partial charge in [-0.05, 0) is 107 Å². The quantitative estimate of drug-likeness (QED) is 0.184. The number of carbonyl (C=O) groups excluding carboxylic acids is 9. The summed E-state index contributed by atoms with van der Waals surface area (Å²) in [4.78, 5) is 138. The van der Waals surface area contributed by atoms with E-state index in [2.05, 4.69) is 31.6 Å². The zero-order chi connectivity index (χ0) is 58.9. The summed E-state index contributed by atoms with van der Waals surface area (Å²) in [5, 5.41) is 26.4. The Morgan fingerprint density at radius 2 is 1.07 bits per heavy atom. The Hall–Kier alpha value is -5.74. The first-order valence-corrected chi connectivity index (χ1v) is 29.1. The number of hydrogen-bond donors (Lipinski definition) is 6. The minimum atomic E-state index is -1.55. The van der Waals surface area contributed by atoms with Crippen LogP contribution in [0.3, 0.4) is 0 Å². The molecule has 0 aromatic carbocycles. The number of ether oxygens (including phenoxy) is 3. The summed E-state index contributed by atoms with van der Waals surface area (Å²) in [5.74, 6) is -6.46. The van der Waals surface area contributed by atoms with Gasteiger partial charge in [0.1, 0.15) is 41.5 Å². The maximum Gasteiger partial charge on any atom is 0.357 e. The number of aliphatic hydroxyl groups is 1. The van der Waals surface area contributed by atoms with Crippen LogP contribution in [0.2, 0.25) is 0 Å². The topological polar surface area (TPSA) is 284 Å². The Kier molecular flexibility index (Phi) is 22.1. The molecule has 3 aliphatic heterocycles. The molecule has 2 aliphatic carbocycles. The Morgan fingerprint density at radius 3 is 1.55 bits per heavy atom. The van der Waals surface area contributed by atoms with Crippen LogP contribution < -0.4 is 26.6 Å². The molecular weight excluding hydrogens is 1030 g/mol. The second-order valence-corrected chi connectivity index (χ2v) is 25.1.